The van der Waals surface area contributed by atoms with Gasteiger partial charge >= 0.3 is 0 Å². The highest BCUT2D eigenvalue weighted by atomic mass is 19.1. The van der Waals surface area contributed by atoms with Crippen LogP contribution in [0.25, 0.3) is 0 Å². The Morgan fingerprint density at radius 1 is 1.10 bits per heavy atom. The van der Waals surface area contributed by atoms with Gasteiger partial charge < -0.3 is 10.0 Å². The summed E-state index contributed by atoms with van der Waals surface area (Å²) in [6.45, 7) is 6.63. The van der Waals surface area contributed by atoms with Gasteiger partial charge in [-0.1, -0.05) is 51.1 Å². The molecule has 1 heterocycles. The summed E-state index contributed by atoms with van der Waals surface area (Å²) in [5.41, 5.74) is -0.0154. The normalized spacial score (nSPS) is 26.8. The Morgan fingerprint density at radius 2 is 1.77 bits per heavy atom. The van der Waals surface area contributed by atoms with E-state index < -0.39 is 17.4 Å². The largest absolute Gasteiger partial charge is 0.375 e. The van der Waals surface area contributed by atoms with E-state index in [0.717, 1.165) is 12.0 Å². The molecule has 4 nitrogen and oxygen atoms in total. The van der Waals surface area contributed by atoms with E-state index in [1.54, 1.807) is 30.3 Å². The molecule has 4 rings (SSSR count). The fourth-order valence-corrected chi connectivity index (χ4v) is 4.94. The van der Waals surface area contributed by atoms with Crippen molar-refractivity contribution in [1.29, 1.82) is 0 Å². The second kappa shape index (κ2) is 7.31. The van der Waals surface area contributed by atoms with Gasteiger partial charge in [-0.05, 0) is 47.9 Å². The van der Waals surface area contributed by atoms with Crippen molar-refractivity contribution in [1.82, 2.24) is 0 Å². The number of hydrogen-bond donors (Lipinski definition) is 1. The van der Waals surface area contributed by atoms with Crippen molar-refractivity contribution in [2.75, 3.05) is 4.90 Å². The van der Waals surface area contributed by atoms with E-state index in [-0.39, 0.29) is 29.5 Å². The lowest BCUT2D eigenvalue weighted by Crippen LogP contribution is -2.51. The number of hydrogen-bond acceptors (Lipinski definition) is 3. The van der Waals surface area contributed by atoms with E-state index in [1.165, 1.54) is 17.0 Å². The Morgan fingerprint density at radius 3 is 2.43 bits per heavy atom. The topological polar surface area (TPSA) is 57.6 Å². The molecule has 2 aliphatic rings. The number of para-hydroxylation sites is 1. The molecule has 1 saturated carbocycles. The van der Waals surface area contributed by atoms with Crippen LogP contribution >= 0.6 is 0 Å². The first-order valence-corrected chi connectivity index (χ1v) is 10.5. The molecule has 1 aliphatic heterocycles. The van der Waals surface area contributed by atoms with Gasteiger partial charge in [0.1, 0.15) is 11.6 Å². The van der Waals surface area contributed by atoms with Crippen LogP contribution in [-0.4, -0.2) is 16.8 Å². The van der Waals surface area contributed by atoms with E-state index in [0.29, 0.717) is 24.1 Å². The number of halogens is 1. The molecule has 2 aromatic carbocycles. The molecule has 2 aromatic rings. The lowest BCUT2D eigenvalue weighted by atomic mass is 9.63. The van der Waals surface area contributed by atoms with Crippen molar-refractivity contribution < 1.29 is 19.1 Å². The lowest BCUT2D eigenvalue weighted by molar-refractivity contribution is -0.154. The first-order valence-electron chi connectivity index (χ1n) is 10.5. The van der Waals surface area contributed by atoms with Gasteiger partial charge in [0.15, 0.2) is 5.60 Å². The zero-order chi connectivity index (χ0) is 21.7. The third-order valence-electron chi connectivity index (χ3n) is 6.81. The number of aliphatic hydroxyl groups is 1. The number of fused-ring (bicyclic) bond motifs is 1. The number of Topliss-reactive ketones (excluding diaryl/α,β-unsaturated/α-hetero) is 1. The zero-order valence-electron chi connectivity index (χ0n) is 17.7. The summed E-state index contributed by atoms with van der Waals surface area (Å²) < 4.78 is 13.3. The first kappa shape index (κ1) is 20.7. The van der Waals surface area contributed by atoms with Gasteiger partial charge in [-0.2, -0.15) is 0 Å². The molecule has 30 heavy (non-hydrogen) atoms. The molecule has 5 heteroatoms. The molecular weight excluding hydrogens is 381 g/mol. The standard InChI is InChI=1S/C25H28FNO3/c1-24(2,3)17-10-13-22(28)20(14-17)25(30)19-6-4-5-7-21(19)27(23(25)29)15-16-8-11-18(26)12-9-16/h4-9,11-12,17,20,30H,10,13-15H2,1-3H3. The number of carbonyl (C=O) groups excluding carboxylic acids is 2. The fraction of sp³-hybridized carbons (Fsp3) is 0.440. The highest BCUT2D eigenvalue weighted by Gasteiger charge is 2.58. The predicted molar refractivity (Wildman–Crippen MR) is 113 cm³/mol. The number of ketones is 1. The molecule has 1 fully saturated rings. The number of carbonyl (C=O) groups is 2. The molecule has 1 N–H and O–H groups in total. The van der Waals surface area contributed by atoms with E-state index in [4.69, 9.17) is 0 Å². The number of rotatable bonds is 3. The Hall–Kier alpha value is -2.53. The third-order valence-corrected chi connectivity index (χ3v) is 6.81. The minimum atomic E-state index is -1.86. The molecule has 3 unspecified atom stereocenters. The minimum Gasteiger partial charge on any atom is -0.375 e. The van der Waals surface area contributed by atoms with Crippen LogP contribution in [0, 0.1) is 23.1 Å². The monoisotopic (exact) mass is 409 g/mol. The molecular formula is C25H28FNO3. The van der Waals surface area contributed by atoms with Crippen LogP contribution in [0.3, 0.4) is 0 Å². The Bertz CT molecular complexity index is 979. The van der Waals surface area contributed by atoms with Crippen molar-refractivity contribution in [3.05, 3.63) is 65.5 Å². The Balaban J connectivity index is 1.73. The number of anilines is 1. The molecule has 0 aromatic heterocycles. The van der Waals surface area contributed by atoms with Crippen LogP contribution in [-0.2, 0) is 21.7 Å². The Labute approximate surface area is 176 Å². The maximum Gasteiger partial charge on any atom is 0.264 e. The van der Waals surface area contributed by atoms with Crippen molar-refractivity contribution >= 4 is 17.4 Å². The maximum atomic E-state index is 13.6. The molecule has 0 spiro atoms. The second-order valence-electron chi connectivity index (χ2n) is 9.66. The molecule has 158 valence electrons. The summed E-state index contributed by atoms with van der Waals surface area (Å²) in [5.74, 6) is -1.38. The van der Waals surface area contributed by atoms with Crippen molar-refractivity contribution in [2.45, 2.75) is 52.2 Å². The third kappa shape index (κ3) is 3.35. The predicted octanol–water partition coefficient (Wildman–Crippen LogP) is 4.59. The maximum absolute atomic E-state index is 13.6. The molecule has 1 amide bonds. The number of amides is 1. The molecule has 1 aliphatic carbocycles. The quantitative estimate of drug-likeness (QED) is 0.807. The summed E-state index contributed by atoms with van der Waals surface area (Å²) in [6.07, 6.45) is 1.65. The minimum absolute atomic E-state index is 0.00964. The summed E-state index contributed by atoms with van der Waals surface area (Å²) in [5, 5.41) is 11.8. The SMILES string of the molecule is CC(C)(C)C1CCC(=O)C(C2(O)C(=O)N(Cc3ccc(F)cc3)c3ccccc32)C1. The lowest BCUT2D eigenvalue weighted by Gasteiger charge is -2.41. The number of benzene rings is 2. The van der Waals surface area contributed by atoms with Crippen LogP contribution in [0.2, 0.25) is 0 Å². The highest BCUT2D eigenvalue weighted by Crippen LogP contribution is 2.51. The molecule has 0 bridgehead atoms. The van der Waals surface area contributed by atoms with Crippen molar-refractivity contribution in [3.8, 4) is 0 Å². The van der Waals surface area contributed by atoms with Crippen molar-refractivity contribution in [2.24, 2.45) is 17.3 Å². The summed E-state index contributed by atoms with van der Waals surface area (Å²) in [7, 11) is 0. The number of nitrogens with zero attached hydrogens (tertiary/aromatic N) is 1. The highest BCUT2D eigenvalue weighted by molar-refractivity contribution is 6.09. The van der Waals surface area contributed by atoms with Crippen LogP contribution in [0.15, 0.2) is 48.5 Å². The molecule has 3 atom stereocenters. The fourth-order valence-electron chi connectivity index (χ4n) is 4.94. The van der Waals surface area contributed by atoms with E-state index in [2.05, 4.69) is 20.8 Å². The van der Waals surface area contributed by atoms with Crippen LogP contribution < -0.4 is 4.90 Å². The van der Waals surface area contributed by atoms with Gasteiger partial charge in [-0.15, -0.1) is 0 Å². The van der Waals surface area contributed by atoms with Crippen LogP contribution in [0.5, 0.6) is 0 Å². The van der Waals surface area contributed by atoms with Crippen LogP contribution in [0.4, 0.5) is 10.1 Å². The van der Waals surface area contributed by atoms with Gasteiger partial charge in [0, 0.05) is 12.0 Å². The van der Waals surface area contributed by atoms with E-state index >= 15 is 0 Å². The van der Waals surface area contributed by atoms with Gasteiger partial charge in [-0.3, -0.25) is 9.59 Å². The van der Waals surface area contributed by atoms with Gasteiger partial charge in [0.2, 0.25) is 0 Å². The second-order valence-corrected chi connectivity index (χ2v) is 9.66. The summed E-state index contributed by atoms with van der Waals surface area (Å²) >= 11 is 0. The zero-order valence-corrected chi connectivity index (χ0v) is 17.7. The van der Waals surface area contributed by atoms with Gasteiger partial charge in [-0.25, -0.2) is 4.39 Å². The average molecular weight is 410 g/mol. The molecule has 0 radical (unpaired) electrons. The van der Waals surface area contributed by atoms with E-state index in [9.17, 15) is 19.1 Å². The van der Waals surface area contributed by atoms with E-state index in [1.807, 2.05) is 6.07 Å². The average Bonchev–Trinajstić information content (AvgIpc) is 2.92. The van der Waals surface area contributed by atoms with Crippen LogP contribution in [0.1, 0.15) is 51.2 Å². The summed E-state index contributed by atoms with van der Waals surface area (Å²) in [6, 6.07) is 13.1. The van der Waals surface area contributed by atoms with Crippen molar-refractivity contribution in [3.63, 3.8) is 0 Å². The molecule has 0 saturated heterocycles. The summed E-state index contributed by atoms with van der Waals surface area (Å²) in [4.78, 5) is 28.1. The van der Waals surface area contributed by atoms with Gasteiger partial charge in [0.25, 0.3) is 5.91 Å². The van der Waals surface area contributed by atoms with Gasteiger partial charge in [0.05, 0.1) is 18.2 Å². The smallest absolute Gasteiger partial charge is 0.264 e. The Kier molecular flexibility index (Phi) is 5.05. The first-order chi connectivity index (χ1) is 14.1.